The van der Waals surface area contributed by atoms with Crippen LogP contribution in [-0.4, -0.2) is 20.1 Å². The summed E-state index contributed by atoms with van der Waals surface area (Å²) in [5.74, 6) is 0.466. The Morgan fingerprint density at radius 3 is 2.33 bits per heavy atom. The molecule has 2 heterocycles. The Bertz CT molecular complexity index is 572. The maximum atomic E-state index is 8.77. The van der Waals surface area contributed by atoms with Gasteiger partial charge < -0.3 is 5.11 Å². The van der Waals surface area contributed by atoms with Crippen LogP contribution in [0.4, 0.5) is 0 Å². The first-order chi connectivity index (χ1) is 8.90. The predicted molar refractivity (Wildman–Crippen MR) is 69.7 cm³/mol. The van der Waals surface area contributed by atoms with Crippen LogP contribution in [0.3, 0.4) is 0 Å². The van der Waals surface area contributed by atoms with Gasteiger partial charge in [-0.2, -0.15) is 0 Å². The Morgan fingerprint density at radius 1 is 0.944 bits per heavy atom. The molecule has 0 unspecified atom stereocenters. The van der Waals surface area contributed by atoms with Crippen LogP contribution < -0.4 is 0 Å². The van der Waals surface area contributed by atoms with Gasteiger partial charge in [0.2, 0.25) is 0 Å². The minimum atomic E-state index is -0.106. The molecular weight excluding hydrogens is 226 g/mol. The average Bonchev–Trinajstić information content (AvgIpc) is 2.49. The topological polar surface area (TPSA) is 58.9 Å². The number of aliphatic hydroxyl groups is 1. The minimum Gasteiger partial charge on any atom is -0.388 e. The van der Waals surface area contributed by atoms with E-state index in [1.807, 2.05) is 42.5 Å². The lowest BCUT2D eigenvalue weighted by Gasteiger charge is -1.97. The molecule has 2 aromatic heterocycles. The third-order valence-corrected chi connectivity index (χ3v) is 2.25. The first kappa shape index (κ1) is 12.1. The summed E-state index contributed by atoms with van der Waals surface area (Å²) in [5, 5.41) is 9.77. The van der Waals surface area contributed by atoms with E-state index in [-0.39, 0.29) is 6.61 Å². The van der Waals surface area contributed by atoms with Crippen molar-refractivity contribution in [2.24, 2.45) is 0 Å². The van der Waals surface area contributed by atoms with Crippen molar-refractivity contribution in [3.63, 3.8) is 0 Å². The molecule has 0 amide bonds. The number of fused-ring (bicyclic) bond motifs is 1. The summed E-state index contributed by atoms with van der Waals surface area (Å²) in [4.78, 5) is 11.9. The number of rotatable bonds is 1. The van der Waals surface area contributed by atoms with Crippen molar-refractivity contribution in [3.8, 4) is 0 Å². The fourth-order valence-electron chi connectivity index (χ4n) is 1.40. The van der Waals surface area contributed by atoms with Gasteiger partial charge in [-0.1, -0.05) is 24.3 Å². The van der Waals surface area contributed by atoms with Gasteiger partial charge in [-0.25, -0.2) is 9.97 Å². The molecule has 1 N–H and O–H groups in total. The van der Waals surface area contributed by atoms with Gasteiger partial charge in [0.1, 0.15) is 6.61 Å². The van der Waals surface area contributed by atoms with Gasteiger partial charge in [0, 0.05) is 24.0 Å². The van der Waals surface area contributed by atoms with Gasteiger partial charge in [0.25, 0.3) is 0 Å². The highest BCUT2D eigenvalue weighted by atomic mass is 16.3. The molecule has 0 aliphatic carbocycles. The second kappa shape index (κ2) is 6.42. The summed E-state index contributed by atoms with van der Waals surface area (Å²) in [6.45, 7) is -0.106. The Morgan fingerprint density at radius 2 is 1.72 bits per heavy atom. The second-order valence-corrected chi connectivity index (χ2v) is 3.53. The number of aliphatic hydroxyl groups excluding tert-OH is 1. The molecule has 0 aliphatic heterocycles. The van der Waals surface area contributed by atoms with Crippen molar-refractivity contribution in [1.82, 2.24) is 15.0 Å². The van der Waals surface area contributed by atoms with Crippen LogP contribution in [0.15, 0.2) is 61.1 Å². The SMILES string of the molecule is OCc1ncc2ccccc2n1.c1ccncc1. The summed E-state index contributed by atoms with van der Waals surface area (Å²) >= 11 is 0. The molecule has 3 aromatic rings. The Hall–Kier alpha value is -2.33. The van der Waals surface area contributed by atoms with Crippen molar-refractivity contribution in [1.29, 1.82) is 0 Å². The number of nitrogens with zero attached hydrogens (tertiary/aromatic N) is 3. The third-order valence-electron chi connectivity index (χ3n) is 2.25. The van der Waals surface area contributed by atoms with E-state index in [9.17, 15) is 0 Å². The minimum absolute atomic E-state index is 0.106. The largest absolute Gasteiger partial charge is 0.388 e. The van der Waals surface area contributed by atoms with Crippen LogP contribution in [0.1, 0.15) is 5.82 Å². The molecule has 4 nitrogen and oxygen atoms in total. The molecule has 1 aromatic carbocycles. The summed E-state index contributed by atoms with van der Waals surface area (Å²) in [6, 6.07) is 13.4. The molecule has 18 heavy (non-hydrogen) atoms. The second-order valence-electron chi connectivity index (χ2n) is 3.53. The number of pyridine rings is 1. The molecule has 90 valence electrons. The monoisotopic (exact) mass is 239 g/mol. The van der Waals surface area contributed by atoms with Crippen molar-refractivity contribution in [3.05, 3.63) is 66.9 Å². The molecule has 0 fully saturated rings. The first-order valence-corrected chi connectivity index (χ1v) is 5.56. The highest BCUT2D eigenvalue weighted by Crippen LogP contribution is 2.08. The number of hydrogen-bond donors (Lipinski definition) is 1. The van der Waals surface area contributed by atoms with Crippen molar-refractivity contribution >= 4 is 10.9 Å². The van der Waals surface area contributed by atoms with Crippen molar-refractivity contribution in [2.45, 2.75) is 6.61 Å². The van der Waals surface area contributed by atoms with E-state index in [1.54, 1.807) is 18.6 Å². The van der Waals surface area contributed by atoms with E-state index in [4.69, 9.17) is 5.11 Å². The van der Waals surface area contributed by atoms with E-state index in [0.717, 1.165) is 10.9 Å². The fourth-order valence-corrected chi connectivity index (χ4v) is 1.40. The van der Waals surface area contributed by atoms with Crippen LogP contribution in [0.2, 0.25) is 0 Å². The van der Waals surface area contributed by atoms with Gasteiger partial charge in [-0.05, 0) is 18.2 Å². The summed E-state index contributed by atoms with van der Waals surface area (Å²) in [7, 11) is 0. The Balaban J connectivity index is 0.000000169. The molecule has 0 saturated carbocycles. The van der Waals surface area contributed by atoms with Crippen LogP contribution in [0, 0.1) is 0 Å². The normalized spacial score (nSPS) is 9.61. The fraction of sp³-hybridized carbons (Fsp3) is 0.0714. The maximum absolute atomic E-state index is 8.77. The zero-order valence-corrected chi connectivity index (χ0v) is 9.77. The first-order valence-electron chi connectivity index (χ1n) is 5.56. The van der Waals surface area contributed by atoms with E-state index >= 15 is 0 Å². The van der Waals surface area contributed by atoms with E-state index < -0.39 is 0 Å². The Labute approximate surface area is 105 Å². The molecule has 0 spiro atoms. The highest BCUT2D eigenvalue weighted by Gasteiger charge is 1.95. The molecular formula is C14H13N3O. The quantitative estimate of drug-likeness (QED) is 0.707. The van der Waals surface area contributed by atoms with Gasteiger partial charge >= 0.3 is 0 Å². The summed E-state index contributed by atoms with van der Waals surface area (Å²) in [6.07, 6.45) is 5.22. The molecule has 3 rings (SSSR count). The molecule has 0 bridgehead atoms. The lowest BCUT2D eigenvalue weighted by atomic mass is 10.2. The Kier molecular flexibility index (Phi) is 4.33. The predicted octanol–water partition coefficient (Wildman–Crippen LogP) is 2.20. The number of benzene rings is 1. The summed E-state index contributed by atoms with van der Waals surface area (Å²) < 4.78 is 0. The van der Waals surface area contributed by atoms with Crippen LogP contribution in [0.5, 0.6) is 0 Å². The van der Waals surface area contributed by atoms with Crippen LogP contribution >= 0.6 is 0 Å². The number of para-hydroxylation sites is 1. The van der Waals surface area contributed by atoms with Gasteiger partial charge in [0.05, 0.1) is 5.52 Å². The zero-order valence-electron chi connectivity index (χ0n) is 9.77. The average molecular weight is 239 g/mol. The van der Waals surface area contributed by atoms with Crippen molar-refractivity contribution < 1.29 is 5.11 Å². The van der Waals surface area contributed by atoms with Gasteiger partial charge in [0.15, 0.2) is 5.82 Å². The number of aromatic nitrogens is 3. The lowest BCUT2D eigenvalue weighted by Crippen LogP contribution is -1.93. The maximum Gasteiger partial charge on any atom is 0.154 e. The standard InChI is InChI=1S/C9H8N2O.C5H5N/c12-6-9-10-5-7-3-1-2-4-8(7)11-9;1-2-4-6-5-3-1/h1-5,12H,6H2;1-5H. The van der Waals surface area contributed by atoms with Crippen LogP contribution in [0.25, 0.3) is 10.9 Å². The van der Waals surface area contributed by atoms with Gasteiger partial charge in [-0.15, -0.1) is 0 Å². The number of hydrogen-bond acceptors (Lipinski definition) is 4. The lowest BCUT2D eigenvalue weighted by molar-refractivity contribution is 0.272. The molecule has 0 radical (unpaired) electrons. The van der Waals surface area contributed by atoms with Crippen LogP contribution in [-0.2, 0) is 6.61 Å². The zero-order chi connectivity index (χ0) is 12.6. The molecule has 0 aliphatic rings. The smallest absolute Gasteiger partial charge is 0.154 e. The van der Waals surface area contributed by atoms with E-state index in [2.05, 4.69) is 15.0 Å². The van der Waals surface area contributed by atoms with Crippen molar-refractivity contribution in [2.75, 3.05) is 0 Å². The van der Waals surface area contributed by atoms with E-state index in [1.165, 1.54) is 0 Å². The third kappa shape index (κ3) is 3.33. The highest BCUT2D eigenvalue weighted by molar-refractivity contribution is 5.77. The molecule has 0 saturated heterocycles. The summed E-state index contributed by atoms with van der Waals surface area (Å²) in [5.41, 5.74) is 0.872. The molecule has 0 atom stereocenters. The molecule has 4 heteroatoms. The van der Waals surface area contributed by atoms with E-state index in [0.29, 0.717) is 5.82 Å². The van der Waals surface area contributed by atoms with Gasteiger partial charge in [-0.3, -0.25) is 4.98 Å².